The minimum Gasteiger partial charge on any atom is -0.310 e. The van der Waals surface area contributed by atoms with Crippen LogP contribution in [0.4, 0.5) is 8.78 Å². The maximum absolute atomic E-state index is 13.8. The highest BCUT2D eigenvalue weighted by Crippen LogP contribution is 2.35. The van der Waals surface area contributed by atoms with Crippen molar-refractivity contribution >= 4 is 0 Å². The van der Waals surface area contributed by atoms with Gasteiger partial charge in [0.2, 0.25) is 0 Å². The largest absolute Gasteiger partial charge is 0.310 e. The third kappa shape index (κ3) is 2.22. The lowest BCUT2D eigenvalue weighted by Gasteiger charge is -2.13. The summed E-state index contributed by atoms with van der Waals surface area (Å²) in [7, 11) is 0. The molecule has 3 heteroatoms. The molecule has 1 N–H and O–H groups in total. The van der Waals surface area contributed by atoms with Crippen molar-refractivity contribution < 1.29 is 8.78 Å². The SMILES string of the molecule is CCNC1CCc2cc(-c3cccc(F)c3F)ccc21. The fourth-order valence-electron chi connectivity index (χ4n) is 2.97. The van der Waals surface area contributed by atoms with Crippen LogP contribution in [0.2, 0.25) is 0 Å². The topological polar surface area (TPSA) is 12.0 Å². The molecule has 0 radical (unpaired) electrons. The average Bonchev–Trinajstić information content (AvgIpc) is 2.85. The van der Waals surface area contributed by atoms with Crippen LogP contribution in [0, 0.1) is 11.6 Å². The van der Waals surface area contributed by atoms with Gasteiger partial charge in [0.15, 0.2) is 11.6 Å². The minimum atomic E-state index is -0.798. The summed E-state index contributed by atoms with van der Waals surface area (Å²) >= 11 is 0. The Bertz CT molecular complexity index is 637. The van der Waals surface area contributed by atoms with Crippen molar-refractivity contribution in [3.63, 3.8) is 0 Å². The molecule has 0 spiro atoms. The highest BCUT2D eigenvalue weighted by molar-refractivity contribution is 5.66. The molecule has 1 unspecified atom stereocenters. The molecule has 20 heavy (non-hydrogen) atoms. The summed E-state index contributed by atoms with van der Waals surface area (Å²) in [4.78, 5) is 0. The molecule has 0 bridgehead atoms. The van der Waals surface area contributed by atoms with Crippen LogP contribution < -0.4 is 5.32 Å². The number of aryl methyl sites for hydroxylation is 1. The number of benzene rings is 2. The van der Waals surface area contributed by atoms with E-state index < -0.39 is 11.6 Å². The van der Waals surface area contributed by atoms with Gasteiger partial charge >= 0.3 is 0 Å². The van der Waals surface area contributed by atoms with Gasteiger partial charge < -0.3 is 5.32 Å². The second-order valence-corrected chi connectivity index (χ2v) is 5.16. The Balaban J connectivity index is 2.00. The van der Waals surface area contributed by atoms with Crippen LogP contribution in [-0.2, 0) is 6.42 Å². The van der Waals surface area contributed by atoms with E-state index in [0.29, 0.717) is 11.6 Å². The van der Waals surface area contributed by atoms with Crippen molar-refractivity contribution in [2.75, 3.05) is 6.54 Å². The van der Waals surface area contributed by atoms with Gasteiger partial charge in [0.25, 0.3) is 0 Å². The molecular formula is C17H17F2N. The molecule has 3 rings (SSSR count). The summed E-state index contributed by atoms with van der Waals surface area (Å²) in [6.07, 6.45) is 2.05. The summed E-state index contributed by atoms with van der Waals surface area (Å²) < 4.78 is 27.2. The summed E-state index contributed by atoms with van der Waals surface area (Å²) in [6, 6.07) is 10.6. The Labute approximate surface area is 117 Å². The molecule has 1 aliphatic rings. The third-order valence-corrected chi connectivity index (χ3v) is 3.93. The van der Waals surface area contributed by atoms with E-state index in [2.05, 4.69) is 12.2 Å². The second kappa shape index (κ2) is 5.33. The molecule has 2 aromatic rings. The predicted octanol–water partition coefficient (Wildman–Crippen LogP) is 4.23. The minimum absolute atomic E-state index is 0.333. The van der Waals surface area contributed by atoms with Gasteiger partial charge in [-0.1, -0.05) is 37.3 Å². The van der Waals surface area contributed by atoms with E-state index in [4.69, 9.17) is 0 Å². The van der Waals surface area contributed by atoms with Crippen LogP contribution in [0.15, 0.2) is 36.4 Å². The van der Waals surface area contributed by atoms with E-state index in [1.807, 2.05) is 18.2 Å². The first-order valence-corrected chi connectivity index (χ1v) is 7.01. The maximum Gasteiger partial charge on any atom is 0.166 e. The normalized spacial score (nSPS) is 17.2. The molecule has 0 amide bonds. The lowest BCUT2D eigenvalue weighted by molar-refractivity contribution is 0.511. The summed E-state index contributed by atoms with van der Waals surface area (Å²) in [6.45, 7) is 3.03. The molecule has 0 aromatic heterocycles. The van der Waals surface area contributed by atoms with Crippen LogP contribution in [0.5, 0.6) is 0 Å². The Morgan fingerprint density at radius 1 is 1.20 bits per heavy atom. The summed E-state index contributed by atoms with van der Waals surface area (Å²) in [5, 5.41) is 3.45. The van der Waals surface area contributed by atoms with Crippen LogP contribution in [0.25, 0.3) is 11.1 Å². The molecule has 2 aromatic carbocycles. The Morgan fingerprint density at radius 2 is 2.05 bits per heavy atom. The molecule has 1 aliphatic carbocycles. The van der Waals surface area contributed by atoms with E-state index in [9.17, 15) is 8.78 Å². The van der Waals surface area contributed by atoms with Crippen molar-refractivity contribution in [3.8, 4) is 11.1 Å². The molecule has 0 heterocycles. The van der Waals surface area contributed by atoms with Gasteiger partial charge in [-0.3, -0.25) is 0 Å². The van der Waals surface area contributed by atoms with Crippen LogP contribution in [-0.4, -0.2) is 6.54 Å². The average molecular weight is 273 g/mol. The summed E-state index contributed by atoms with van der Waals surface area (Å²) in [5.41, 5.74) is 3.60. The molecule has 0 fully saturated rings. The van der Waals surface area contributed by atoms with E-state index >= 15 is 0 Å². The lowest BCUT2D eigenvalue weighted by Crippen LogP contribution is -2.18. The van der Waals surface area contributed by atoms with Crippen molar-refractivity contribution in [2.45, 2.75) is 25.8 Å². The number of rotatable bonds is 3. The van der Waals surface area contributed by atoms with Crippen LogP contribution >= 0.6 is 0 Å². The standard InChI is InChI=1S/C17H17F2N/c1-2-20-16-9-7-11-10-12(6-8-13(11)16)14-4-3-5-15(18)17(14)19/h3-6,8,10,16,20H,2,7,9H2,1H3. The smallest absolute Gasteiger partial charge is 0.166 e. The van der Waals surface area contributed by atoms with Crippen molar-refractivity contribution in [1.82, 2.24) is 5.32 Å². The molecule has 104 valence electrons. The predicted molar refractivity (Wildman–Crippen MR) is 76.5 cm³/mol. The van der Waals surface area contributed by atoms with Crippen LogP contribution in [0.3, 0.4) is 0 Å². The first-order chi connectivity index (χ1) is 9.70. The quantitative estimate of drug-likeness (QED) is 0.882. The number of nitrogens with one attached hydrogen (secondary N) is 1. The molecule has 0 saturated carbocycles. The van der Waals surface area contributed by atoms with E-state index in [1.54, 1.807) is 12.1 Å². The Hall–Kier alpha value is -1.74. The van der Waals surface area contributed by atoms with Crippen LogP contribution in [0.1, 0.15) is 30.5 Å². The first kappa shape index (κ1) is 13.3. The Kier molecular flexibility index (Phi) is 3.53. The molecular weight excluding hydrogens is 256 g/mol. The zero-order valence-corrected chi connectivity index (χ0v) is 11.4. The van der Waals surface area contributed by atoms with E-state index in [0.717, 1.165) is 31.0 Å². The highest BCUT2D eigenvalue weighted by atomic mass is 19.2. The van der Waals surface area contributed by atoms with Crippen molar-refractivity contribution in [2.24, 2.45) is 0 Å². The maximum atomic E-state index is 13.8. The van der Waals surface area contributed by atoms with Gasteiger partial charge in [-0.15, -0.1) is 0 Å². The van der Waals surface area contributed by atoms with Gasteiger partial charge in [0, 0.05) is 11.6 Å². The number of halogens is 2. The van der Waals surface area contributed by atoms with Gasteiger partial charge in [0.05, 0.1) is 0 Å². The number of fused-ring (bicyclic) bond motifs is 1. The van der Waals surface area contributed by atoms with Gasteiger partial charge in [-0.05, 0) is 42.1 Å². The van der Waals surface area contributed by atoms with Crippen molar-refractivity contribution in [3.05, 3.63) is 59.2 Å². The lowest BCUT2D eigenvalue weighted by atomic mass is 9.99. The molecule has 1 nitrogen and oxygen atoms in total. The van der Waals surface area contributed by atoms with Gasteiger partial charge in [-0.25, -0.2) is 8.78 Å². The van der Waals surface area contributed by atoms with E-state index in [-0.39, 0.29) is 0 Å². The zero-order chi connectivity index (χ0) is 14.1. The fraction of sp³-hybridized carbons (Fsp3) is 0.294. The van der Waals surface area contributed by atoms with Crippen molar-refractivity contribution in [1.29, 1.82) is 0 Å². The summed E-state index contributed by atoms with van der Waals surface area (Å²) in [5.74, 6) is -1.57. The Morgan fingerprint density at radius 3 is 2.85 bits per heavy atom. The molecule has 0 aliphatic heterocycles. The fourth-order valence-corrected chi connectivity index (χ4v) is 2.97. The monoisotopic (exact) mass is 273 g/mol. The first-order valence-electron chi connectivity index (χ1n) is 7.01. The molecule has 0 saturated heterocycles. The van der Waals surface area contributed by atoms with E-state index in [1.165, 1.54) is 11.1 Å². The third-order valence-electron chi connectivity index (χ3n) is 3.93. The molecule has 1 atom stereocenters. The number of hydrogen-bond acceptors (Lipinski definition) is 1. The highest BCUT2D eigenvalue weighted by Gasteiger charge is 2.22. The zero-order valence-electron chi connectivity index (χ0n) is 11.4. The van der Waals surface area contributed by atoms with Gasteiger partial charge in [0.1, 0.15) is 0 Å². The number of hydrogen-bond donors (Lipinski definition) is 1. The van der Waals surface area contributed by atoms with Gasteiger partial charge in [-0.2, -0.15) is 0 Å². The second-order valence-electron chi connectivity index (χ2n) is 5.16.